The fourth-order valence-electron chi connectivity index (χ4n) is 2.94. The minimum atomic E-state index is -0.193. The molecule has 5 heteroatoms. The van der Waals surface area contributed by atoms with Gasteiger partial charge in [-0.15, -0.1) is 0 Å². The molecule has 3 rings (SSSR count). The molecule has 1 saturated heterocycles. The largest absolute Gasteiger partial charge is 0.374 e. The topological polar surface area (TPSA) is 46.2 Å². The monoisotopic (exact) mass is 358 g/mol. The molecule has 1 heterocycles. The molecule has 1 fully saturated rings. The highest BCUT2D eigenvalue weighted by Crippen LogP contribution is 2.23. The van der Waals surface area contributed by atoms with E-state index < -0.39 is 0 Å². The molecule has 140 valence electrons. The van der Waals surface area contributed by atoms with Gasteiger partial charge in [0.1, 0.15) is 25.1 Å². The Labute approximate surface area is 154 Å². The maximum Gasteiger partial charge on any atom is 0.146 e. The van der Waals surface area contributed by atoms with Crippen LogP contribution in [0.2, 0.25) is 0 Å². The Morgan fingerprint density at radius 2 is 1.54 bits per heavy atom. The number of hydrogen-bond acceptors (Lipinski definition) is 5. The summed E-state index contributed by atoms with van der Waals surface area (Å²) in [7, 11) is 1.61. The molecule has 0 aromatic heterocycles. The lowest BCUT2D eigenvalue weighted by molar-refractivity contribution is -0.123. The summed E-state index contributed by atoms with van der Waals surface area (Å²) in [5.41, 5.74) is 2.26. The van der Waals surface area contributed by atoms with Crippen molar-refractivity contribution in [1.29, 1.82) is 0 Å². The zero-order chi connectivity index (χ0) is 18.0. The zero-order valence-electron chi connectivity index (χ0n) is 15.1. The Bertz CT molecular complexity index is 619. The summed E-state index contributed by atoms with van der Waals surface area (Å²) in [6.45, 7) is 2.22. The normalized spacial score (nSPS) is 22.6. The van der Waals surface area contributed by atoms with Crippen molar-refractivity contribution in [3.05, 3.63) is 71.8 Å². The third-order valence-corrected chi connectivity index (χ3v) is 4.29. The van der Waals surface area contributed by atoms with Gasteiger partial charge in [0, 0.05) is 7.11 Å². The van der Waals surface area contributed by atoms with Crippen LogP contribution in [-0.4, -0.2) is 45.4 Å². The van der Waals surface area contributed by atoms with Gasteiger partial charge in [0.2, 0.25) is 0 Å². The fraction of sp³-hybridized carbons (Fsp3) is 0.429. The maximum absolute atomic E-state index is 6.13. The molecule has 3 unspecified atom stereocenters. The van der Waals surface area contributed by atoms with Gasteiger partial charge in [-0.3, -0.25) is 0 Å². The van der Waals surface area contributed by atoms with E-state index in [9.17, 15) is 0 Å². The van der Waals surface area contributed by atoms with E-state index in [0.29, 0.717) is 26.4 Å². The van der Waals surface area contributed by atoms with Crippen molar-refractivity contribution in [3.8, 4) is 0 Å². The summed E-state index contributed by atoms with van der Waals surface area (Å²) in [5.74, 6) is 0. The summed E-state index contributed by atoms with van der Waals surface area (Å²) >= 11 is 0. The van der Waals surface area contributed by atoms with Crippen molar-refractivity contribution in [3.63, 3.8) is 0 Å². The number of rotatable bonds is 10. The van der Waals surface area contributed by atoms with E-state index >= 15 is 0 Å². The van der Waals surface area contributed by atoms with Crippen LogP contribution >= 0.6 is 0 Å². The molecular weight excluding hydrogens is 332 g/mol. The molecule has 0 amide bonds. The second-order valence-corrected chi connectivity index (χ2v) is 6.25. The highest BCUT2D eigenvalue weighted by molar-refractivity contribution is 5.14. The molecule has 2 aromatic rings. The molecule has 2 aromatic carbocycles. The van der Waals surface area contributed by atoms with Crippen LogP contribution in [-0.2, 0) is 36.9 Å². The van der Waals surface area contributed by atoms with Crippen molar-refractivity contribution >= 4 is 0 Å². The van der Waals surface area contributed by atoms with Gasteiger partial charge in [0.25, 0.3) is 0 Å². The Hall–Kier alpha value is -1.76. The Balaban J connectivity index is 1.53. The molecule has 0 aliphatic carbocycles. The van der Waals surface area contributed by atoms with Crippen molar-refractivity contribution in [2.45, 2.75) is 31.5 Å². The molecule has 0 radical (unpaired) electrons. The molecule has 0 bridgehead atoms. The van der Waals surface area contributed by atoms with Gasteiger partial charge in [0.15, 0.2) is 0 Å². The van der Waals surface area contributed by atoms with Crippen molar-refractivity contribution in [1.82, 2.24) is 0 Å². The SMILES string of the molecule is COCOC1COC(COCc2ccccc2)C1OCc1ccccc1. The van der Waals surface area contributed by atoms with E-state index in [1.807, 2.05) is 60.7 Å². The highest BCUT2D eigenvalue weighted by Gasteiger charge is 2.39. The van der Waals surface area contributed by atoms with Crippen LogP contribution in [0.1, 0.15) is 11.1 Å². The number of hydrogen-bond donors (Lipinski definition) is 0. The van der Waals surface area contributed by atoms with Crippen LogP contribution < -0.4 is 0 Å². The molecule has 0 spiro atoms. The van der Waals surface area contributed by atoms with Gasteiger partial charge in [-0.05, 0) is 11.1 Å². The van der Waals surface area contributed by atoms with Crippen molar-refractivity contribution in [2.75, 3.05) is 27.1 Å². The fourth-order valence-corrected chi connectivity index (χ4v) is 2.94. The summed E-state index contributed by atoms with van der Waals surface area (Å²) < 4.78 is 28.6. The van der Waals surface area contributed by atoms with E-state index in [1.54, 1.807) is 7.11 Å². The molecule has 5 nitrogen and oxygen atoms in total. The molecule has 0 N–H and O–H groups in total. The lowest BCUT2D eigenvalue weighted by atomic mass is 10.1. The zero-order valence-corrected chi connectivity index (χ0v) is 15.1. The predicted octanol–water partition coefficient (Wildman–Crippen LogP) is 3.18. The van der Waals surface area contributed by atoms with Gasteiger partial charge in [-0.25, -0.2) is 0 Å². The van der Waals surface area contributed by atoms with E-state index in [0.717, 1.165) is 11.1 Å². The number of ether oxygens (including phenoxy) is 5. The maximum atomic E-state index is 6.13. The van der Waals surface area contributed by atoms with Gasteiger partial charge < -0.3 is 23.7 Å². The minimum Gasteiger partial charge on any atom is -0.374 e. The standard InChI is InChI=1S/C21H26O5/c1-22-16-26-20-15-24-19(14-23-12-17-8-4-2-5-9-17)21(20)25-13-18-10-6-3-7-11-18/h2-11,19-21H,12-16H2,1H3. The van der Waals surface area contributed by atoms with E-state index in [2.05, 4.69) is 0 Å². The third-order valence-electron chi connectivity index (χ3n) is 4.29. The summed E-state index contributed by atoms with van der Waals surface area (Å²) in [6.07, 6.45) is -0.519. The number of benzene rings is 2. The molecular formula is C21H26O5. The first-order valence-corrected chi connectivity index (χ1v) is 8.86. The number of methoxy groups -OCH3 is 1. The van der Waals surface area contributed by atoms with Crippen molar-refractivity contribution in [2.24, 2.45) is 0 Å². The van der Waals surface area contributed by atoms with Crippen LogP contribution in [0.15, 0.2) is 60.7 Å². The van der Waals surface area contributed by atoms with Gasteiger partial charge >= 0.3 is 0 Å². The van der Waals surface area contributed by atoms with Crippen LogP contribution in [0.3, 0.4) is 0 Å². The smallest absolute Gasteiger partial charge is 0.146 e. The lowest BCUT2D eigenvalue weighted by Crippen LogP contribution is -2.37. The molecule has 1 aliphatic heterocycles. The van der Waals surface area contributed by atoms with Crippen molar-refractivity contribution < 1.29 is 23.7 Å². The summed E-state index contributed by atoms with van der Waals surface area (Å²) in [6, 6.07) is 20.2. The molecule has 0 saturated carbocycles. The first-order valence-electron chi connectivity index (χ1n) is 8.86. The van der Waals surface area contributed by atoms with Crippen LogP contribution in [0.25, 0.3) is 0 Å². The van der Waals surface area contributed by atoms with Gasteiger partial charge in [0.05, 0.1) is 26.4 Å². The average Bonchev–Trinajstić information content (AvgIpc) is 3.08. The quantitative estimate of drug-likeness (QED) is 0.611. The third kappa shape index (κ3) is 5.62. The van der Waals surface area contributed by atoms with E-state index in [1.165, 1.54) is 0 Å². The van der Waals surface area contributed by atoms with Gasteiger partial charge in [-0.2, -0.15) is 0 Å². The van der Waals surface area contributed by atoms with Crippen LogP contribution in [0.5, 0.6) is 0 Å². The Kier molecular flexibility index (Phi) is 7.61. The predicted molar refractivity (Wildman–Crippen MR) is 97.6 cm³/mol. The first-order chi connectivity index (χ1) is 12.9. The second kappa shape index (κ2) is 10.4. The van der Waals surface area contributed by atoms with Crippen LogP contribution in [0.4, 0.5) is 0 Å². The van der Waals surface area contributed by atoms with E-state index in [-0.39, 0.29) is 25.1 Å². The molecule has 26 heavy (non-hydrogen) atoms. The second-order valence-electron chi connectivity index (χ2n) is 6.25. The van der Waals surface area contributed by atoms with Crippen LogP contribution in [0, 0.1) is 0 Å². The molecule has 3 atom stereocenters. The molecule has 1 aliphatic rings. The Morgan fingerprint density at radius 1 is 0.885 bits per heavy atom. The highest BCUT2D eigenvalue weighted by atomic mass is 16.7. The van der Waals surface area contributed by atoms with Gasteiger partial charge in [-0.1, -0.05) is 60.7 Å². The van der Waals surface area contributed by atoms with E-state index in [4.69, 9.17) is 23.7 Å². The first kappa shape index (κ1) is 19.0. The Morgan fingerprint density at radius 3 is 2.19 bits per heavy atom. The minimum absolute atomic E-state index is 0.163. The summed E-state index contributed by atoms with van der Waals surface area (Å²) in [4.78, 5) is 0. The lowest BCUT2D eigenvalue weighted by Gasteiger charge is -2.23. The summed E-state index contributed by atoms with van der Waals surface area (Å²) in [5, 5.41) is 0. The average molecular weight is 358 g/mol.